The molecule has 3 aromatic carbocycles. The van der Waals surface area contributed by atoms with E-state index in [1.165, 1.54) is 25.2 Å². The molecule has 1 unspecified atom stereocenters. The van der Waals surface area contributed by atoms with Gasteiger partial charge in [-0.2, -0.15) is 0 Å². The summed E-state index contributed by atoms with van der Waals surface area (Å²) < 4.78 is 25.5. The van der Waals surface area contributed by atoms with Gasteiger partial charge in [-0.05, 0) is 28.8 Å². The van der Waals surface area contributed by atoms with E-state index in [1.807, 2.05) is 12.1 Å². The van der Waals surface area contributed by atoms with Crippen LogP contribution in [0.3, 0.4) is 0 Å². The Morgan fingerprint density at radius 2 is 1.28 bits per heavy atom. The van der Waals surface area contributed by atoms with Crippen molar-refractivity contribution in [1.82, 2.24) is 5.32 Å². The summed E-state index contributed by atoms with van der Waals surface area (Å²) in [7, 11) is 1.38. The Labute approximate surface area is 207 Å². The molecule has 0 radical (unpaired) electrons. The summed E-state index contributed by atoms with van der Waals surface area (Å²) >= 11 is 0. The monoisotopic (exact) mass is 495 g/mol. The number of aliphatic hydroxyl groups excluding tert-OH is 1. The van der Waals surface area contributed by atoms with Crippen LogP contribution in [0.5, 0.6) is 11.5 Å². The minimum Gasteiger partial charge on any atom is -0.446 e. The Morgan fingerprint density at radius 1 is 0.750 bits per heavy atom. The Hall–Kier alpha value is -4.57. The Kier molecular flexibility index (Phi) is 9.66. The first-order valence-corrected chi connectivity index (χ1v) is 10.9. The van der Waals surface area contributed by atoms with Gasteiger partial charge in [-0.3, -0.25) is 0 Å². The lowest BCUT2D eigenvalue weighted by atomic mass is 10.1. The molecule has 1 amide bonds. The largest absolute Gasteiger partial charge is 0.514 e. The lowest BCUT2D eigenvalue weighted by molar-refractivity contribution is 0.0684. The van der Waals surface area contributed by atoms with Gasteiger partial charge in [0.2, 0.25) is 0 Å². The van der Waals surface area contributed by atoms with Crippen molar-refractivity contribution in [3.8, 4) is 11.5 Å². The van der Waals surface area contributed by atoms with Crippen molar-refractivity contribution in [2.75, 3.05) is 13.7 Å². The van der Waals surface area contributed by atoms with E-state index in [0.717, 1.165) is 11.1 Å². The van der Waals surface area contributed by atoms with E-state index in [1.54, 1.807) is 48.5 Å². The van der Waals surface area contributed by atoms with Gasteiger partial charge in [0.15, 0.2) is 11.5 Å². The molecule has 3 aromatic rings. The lowest BCUT2D eigenvalue weighted by Crippen LogP contribution is -2.22. The van der Waals surface area contributed by atoms with Crippen LogP contribution in [0.25, 0.3) is 0 Å². The molecule has 188 valence electrons. The topological polar surface area (TPSA) is 130 Å². The van der Waals surface area contributed by atoms with Crippen LogP contribution in [0, 0.1) is 0 Å². The number of carbonyl (C=O) groups excluding carboxylic acids is 3. The molecule has 0 saturated carbocycles. The number of aliphatic hydroxyl groups is 1. The normalized spacial score (nSPS) is 11.1. The molecule has 1 atom stereocenters. The number of alkyl carbamates (subject to hydrolysis) is 1. The van der Waals surface area contributed by atoms with Gasteiger partial charge in [0.25, 0.3) is 0 Å². The number of nitrogens with one attached hydrogen (secondary N) is 1. The summed E-state index contributed by atoms with van der Waals surface area (Å²) in [6.07, 6.45) is -4.06. The minimum atomic E-state index is -1.25. The Morgan fingerprint density at radius 3 is 1.81 bits per heavy atom. The first kappa shape index (κ1) is 26.0. The summed E-state index contributed by atoms with van der Waals surface area (Å²) in [6, 6.07) is 21.9. The van der Waals surface area contributed by atoms with Crippen LogP contribution in [0.15, 0.2) is 78.9 Å². The van der Waals surface area contributed by atoms with E-state index >= 15 is 0 Å². The van der Waals surface area contributed by atoms with E-state index < -0.39 is 24.5 Å². The van der Waals surface area contributed by atoms with Crippen LogP contribution in [0.2, 0.25) is 0 Å². The van der Waals surface area contributed by atoms with Gasteiger partial charge in [0, 0.05) is 7.05 Å². The second-order valence-corrected chi connectivity index (χ2v) is 7.32. The third kappa shape index (κ3) is 8.33. The molecule has 0 aliphatic heterocycles. The molecule has 10 heteroatoms. The molecular formula is C26H25NO9. The molecule has 3 rings (SSSR count). The maximum Gasteiger partial charge on any atom is 0.514 e. The fourth-order valence-corrected chi connectivity index (χ4v) is 2.89. The summed E-state index contributed by atoms with van der Waals surface area (Å²) in [5.41, 5.74) is 1.73. The molecule has 36 heavy (non-hydrogen) atoms. The zero-order chi connectivity index (χ0) is 25.8. The molecule has 0 fully saturated rings. The van der Waals surface area contributed by atoms with Crippen molar-refractivity contribution in [2.24, 2.45) is 0 Å². The second kappa shape index (κ2) is 13.4. The SMILES string of the molecule is CNC(=O)OCC(O)c1ccc(OC(=O)OCc2ccccc2)c(OC(=O)OCc2ccccc2)c1. The number of hydrogen-bond donors (Lipinski definition) is 2. The van der Waals surface area contributed by atoms with E-state index in [0.29, 0.717) is 0 Å². The maximum absolute atomic E-state index is 12.3. The fraction of sp³-hybridized carbons (Fsp3) is 0.192. The zero-order valence-corrected chi connectivity index (χ0v) is 19.4. The molecule has 0 aromatic heterocycles. The van der Waals surface area contributed by atoms with Crippen LogP contribution < -0.4 is 14.8 Å². The predicted molar refractivity (Wildman–Crippen MR) is 126 cm³/mol. The Balaban J connectivity index is 1.70. The standard InChI is InChI=1S/C26H25NO9/c1-27-24(29)32-17-21(28)20-12-13-22(35-25(30)33-15-18-8-4-2-5-9-18)23(14-20)36-26(31)34-16-19-10-6-3-7-11-19/h2-14,21,28H,15-17H2,1H3,(H,27,29). The summed E-state index contributed by atoms with van der Waals surface area (Å²) in [5, 5.41) is 12.6. The van der Waals surface area contributed by atoms with Gasteiger partial charge < -0.3 is 34.1 Å². The van der Waals surface area contributed by atoms with Crippen LogP contribution in [-0.2, 0) is 27.4 Å². The molecule has 0 bridgehead atoms. The number of rotatable bonds is 9. The number of amides is 1. The number of ether oxygens (including phenoxy) is 5. The lowest BCUT2D eigenvalue weighted by Gasteiger charge is -2.15. The highest BCUT2D eigenvalue weighted by Gasteiger charge is 2.20. The van der Waals surface area contributed by atoms with Crippen LogP contribution in [-0.4, -0.2) is 37.2 Å². The van der Waals surface area contributed by atoms with Crippen LogP contribution in [0.1, 0.15) is 22.8 Å². The van der Waals surface area contributed by atoms with Gasteiger partial charge >= 0.3 is 18.4 Å². The predicted octanol–water partition coefficient (Wildman–Crippen LogP) is 4.51. The number of carbonyl (C=O) groups is 3. The molecule has 0 heterocycles. The second-order valence-electron chi connectivity index (χ2n) is 7.32. The van der Waals surface area contributed by atoms with Crippen LogP contribution >= 0.6 is 0 Å². The van der Waals surface area contributed by atoms with Crippen molar-refractivity contribution >= 4 is 18.4 Å². The molecule has 0 spiro atoms. The summed E-state index contributed by atoms with van der Waals surface area (Å²) in [5.74, 6) is -0.353. The van der Waals surface area contributed by atoms with E-state index in [9.17, 15) is 19.5 Å². The maximum atomic E-state index is 12.3. The Bertz CT molecular complexity index is 1150. The van der Waals surface area contributed by atoms with E-state index in [4.69, 9.17) is 23.7 Å². The van der Waals surface area contributed by atoms with E-state index in [2.05, 4.69) is 5.32 Å². The average Bonchev–Trinajstić information content (AvgIpc) is 2.91. The first-order valence-electron chi connectivity index (χ1n) is 10.9. The van der Waals surface area contributed by atoms with E-state index in [-0.39, 0.29) is 36.9 Å². The summed E-state index contributed by atoms with van der Waals surface area (Å²) in [4.78, 5) is 35.8. The van der Waals surface area contributed by atoms with Crippen molar-refractivity contribution < 1.29 is 43.2 Å². The highest BCUT2D eigenvalue weighted by Crippen LogP contribution is 2.32. The van der Waals surface area contributed by atoms with Gasteiger partial charge in [0.05, 0.1) is 0 Å². The average molecular weight is 495 g/mol. The van der Waals surface area contributed by atoms with Crippen molar-refractivity contribution in [3.63, 3.8) is 0 Å². The van der Waals surface area contributed by atoms with Gasteiger partial charge in [-0.1, -0.05) is 66.7 Å². The quantitative estimate of drug-likeness (QED) is 0.250. The van der Waals surface area contributed by atoms with Crippen molar-refractivity contribution in [3.05, 3.63) is 95.6 Å². The first-order chi connectivity index (χ1) is 17.4. The third-order valence-electron chi connectivity index (χ3n) is 4.71. The third-order valence-corrected chi connectivity index (χ3v) is 4.71. The number of benzene rings is 3. The molecule has 0 saturated heterocycles. The smallest absolute Gasteiger partial charge is 0.446 e. The molecule has 0 aliphatic carbocycles. The fourth-order valence-electron chi connectivity index (χ4n) is 2.89. The highest BCUT2D eigenvalue weighted by atomic mass is 16.7. The van der Waals surface area contributed by atoms with Crippen molar-refractivity contribution in [1.29, 1.82) is 0 Å². The van der Waals surface area contributed by atoms with Gasteiger partial charge in [-0.25, -0.2) is 14.4 Å². The van der Waals surface area contributed by atoms with Crippen LogP contribution in [0.4, 0.5) is 14.4 Å². The molecule has 10 nitrogen and oxygen atoms in total. The van der Waals surface area contributed by atoms with Gasteiger partial charge in [0.1, 0.15) is 25.9 Å². The summed E-state index contributed by atoms with van der Waals surface area (Å²) in [6.45, 7) is -0.434. The highest BCUT2D eigenvalue weighted by molar-refractivity contribution is 5.69. The zero-order valence-electron chi connectivity index (χ0n) is 19.4. The van der Waals surface area contributed by atoms with Crippen molar-refractivity contribution in [2.45, 2.75) is 19.3 Å². The molecule has 0 aliphatic rings. The number of hydrogen-bond acceptors (Lipinski definition) is 9. The molecular weight excluding hydrogens is 470 g/mol. The molecule has 2 N–H and O–H groups in total. The minimum absolute atomic E-state index is 0.0252. The van der Waals surface area contributed by atoms with Gasteiger partial charge in [-0.15, -0.1) is 0 Å².